The SMILES string of the molecule is CCCOC(=O)NCC(C)(C)CC(C)CCN. The molecule has 1 unspecified atom stereocenters. The molecule has 0 aromatic heterocycles. The first-order valence-electron chi connectivity index (χ1n) is 6.52. The highest BCUT2D eigenvalue weighted by atomic mass is 16.5. The molecular formula is C13H28N2O2. The quantitative estimate of drug-likeness (QED) is 0.689. The lowest BCUT2D eigenvalue weighted by Crippen LogP contribution is -2.35. The van der Waals surface area contributed by atoms with Gasteiger partial charge in [0.15, 0.2) is 0 Å². The topological polar surface area (TPSA) is 64.3 Å². The van der Waals surface area contributed by atoms with Gasteiger partial charge in [-0.2, -0.15) is 0 Å². The van der Waals surface area contributed by atoms with Gasteiger partial charge < -0.3 is 15.8 Å². The molecule has 0 aromatic carbocycles. The monoisotopic (exact) mass is 244 g/mol. The van der Waals surface area contributed by atoms with Crippen LogP contribution in [0.1, 0.15) is 47.0 Å². The summed E-state index contributed by atoms with van der Waals surface area (Å²) in [6.45, 7) is 10.3. The predicted octanol–water partition coefficient (Wildman–Crippen LogP) is 2.52. The van der Waals surface area contributed by atoms with Gasteiger partial charge in [0.1, 0.15) is 0 Å². The zero-order valence-electron chi connectivity index (χ0n) is 11.7. The van der Waals surface area contributed by atoms with Gasteiger partial charge in [0.25, 0.3) is 0 Å². The van der Waals surface area contributed by atoms with Crippen molar-refractivity contribution in [2.24, 2.45) is 17.1 Å². The van der Waals surface area contributed by atoms with E-state index >= 15 is 0 Å². The average Bonchev–Trinajstić information content (AvgIpc) is 2.23. The van der Waals surface area contributed by atoms with Crippen LogP contribution in [0.2, 0.25) is 0 Å². The largest absolute Gasteiger partial charge is 0.450 e. The van der Waals surface area contributed by atoms with Crippen LogP contribution in [-0.4, -0.2) is 25.8 Å². The number of alkyl carbamates (subject to hydrolysis) is 1. The van der Waals surface area contributed by atoms with E-state index in [1.165, 1.54) is 0 Å². The Labute approximate surface area is 105 Å². The highest BCUT2D eigenvalue weighted by Crippen LogP contribution is 2.25. The Hall–Kier alpha value is -0.770. The molecule has 0 saturated heterocycles. The molecule has 0 aliphatic heterocycles. The Kier molecular flexibility index (Phi) is 7.96. The molecular weight excluding hydrogens is 216 g/mol. The molecule has 0 saturated carbocycles. The van der Waals surface area contributed by atoms with Crippen molar-refractivity contribution in [1.82, 2.24) is 5.32 Å². The van der Waals surface area contributed by atoms with Crippen molar-refractivity contribution in [2.45, 2.75) is 47.0 Å². The zero-order chi connectivity index (χ0) is 13.3. The summed E-state index contributed by atoms with van der Waals surface area (Å²) < 4.78 is 4.97. The number of amides is 1. The molecule has 4 heteroatoms. The van der Waals surface area contributed by atoms with Gasteiger partial charge in [0.2, 0.25) is 0 Å². The summed E-state index contributed by atoms with van der Waals surface area (Å²) >= 11 is 0. The summed E-state index contributed by atoms with van der Waals surface area (Å²) in [6, 6.07) is 0. The van der Waals surface area contributed by atoms with E-state index in [2.05, 4.69) is 26.1 Å². The lowest BCUT2D eigenvalue weighted by Gasteiger charge is -2.28. The van der Waals surface area contributed by atoms with Crippen LogP contribution in [0.3, 0.4) is 0 Å². The molecule has 0 fully saturated rings. The van der Waals surface area contributed by atoms with E-state index in [-0.39, 0.29) is 11.5 Å². The van der Waals surface area contributed by atoms with Crippen molar-refractivity contribution < 1.29 is 9.53 Å². The van der Waals surface area contributed by atoms with Crippen molar-refractivity contribution in [3.63, 3.8) is 0 Å². The fourth-order valence-electron chi connectivity index (χ4n) is 1.96. The smallest absolute Gasteiger partial charge is 0.407 e. The maximum absolute atomic E-state index is 11.3. The maximum Gasteiger partial charge on any atom is 0.407 e. The second-order valence-electron chi connectivity index (χ2n) is 5.54. The molecule has 0 rings (SSSR count). The molecule has 0 spiro atoms. The van der Waals surface area contributed by atoms with E-state index in [0.29, 0.717) is 19.1 Å². The number of hydrogen-bond donors (Lipinski definition) is 2. The van der Waals surface area contributed by atoms with Gasteiger partial charge in [0, 0.05) is 6.54 Å². The molecule has 0 bridgehead atoms. The highest BCUT2D eigenvalue weighted by Gasteiger charge is 2.21. The first kappa shape index (κ1) is 16.2. The van der Waals surface area contributed by atoms with E-state index in [0.717, 1.165) is 25.8 Å². The van der Waals surface area contributed by atoms with Crippen LogP contribution in [0.5, 0.6) is 0 Å². The number of carbonyl (C=O) groups is 1. The van der Waals surface area contributed by atoms with Crippen molar-refractivity contribution in [3.05, 3.63) is 0 Å². The molecule has 1 atom stereocenters. The van der Waals surface area contributed by atoms with Crippen LogP contribution < -0.4 is 11.1 Å². The van der Waals surface area contributed by atoms with E-state index in [4.69, 9.17) is 10.5 Å². The molecule has 1 amide bonds. The summed E-state index contributed by atoms with van der Waals surface area (Å²) in [5.41, 5.74) is 5.62. The maximum atomic E-state index is 11.3. The summed E-state index contributed by atoms with van der Waals surface area (Å²) in [5, 5.41) is 2.81. The van der Waals surface area contributed by atoms with E-state index in [9.17, 15) is 4.79 Å². The van der Waals surface area contributed by atoms with Crippen molar-refractivity contribution in [2.75, 3.05) is 19.7 Å². The van der Waals surface area contributed by atoms with Crippen LogP contribution in [0, 0.1) is 11.3 Å². The molecule has 0 heterocycles. The van der Waals surface area contributed by atoms with Gasteiger partial charge in [-0.3, -0.25) is 0 Å². The number of nitrogens with one attached hydrogen (secondary N) is 1. The third-order valence-corrected chi connectivity index (χ3v) is 2.71. The second-order valence-corrected chi connectivity index (χ2v) is 5.54. The minimum atomic E-state index is -0.314. The fourth-order valence-corrected chi connectivity index (χ4v) is 1.96. The van der Waals surface area contributed by atoms with Gasteiger partial charge in [-0.15, -0.1) is 0 Å². The normalized spacial score (nSPS) is 13.2. The number of hydrogen-bond acceptors (Lipinski definition) is 3. The number of carbonyl (C=O) groups excluding carboxylic acids is 1. The molecule has 0 aromatic rings. The van der Waals surface area contributed by atoms with Gasteiger partial charge in [0.05, 0.1) is 6.61 Å². The first-order valence-corrected chi connectivity index (χ1v) is 6.52. The molecule has 102 valence electrons. The summed E-state index contributed by atoms with van der Waals surface area (Å²) in [4.78, 5) is 11.3. The predicted molar refractivity (Wildman–Crippen MR) is 70.9 cm³/mol. The standard InChI is InChI=1S/C13H28N2O2/c1-5-8-17-12(16)15-10-13(3,4)9-11(2)6-7-14/h11H,5-10,14H2,1-4H3,(H,15,16). The van der Waals surface area contributed by atoms with Crippen LogP contribution in [0.25, 0.3) is 0 Å². The van der Waals surface area contributed by atoms with Crippen molar-refractivity contribution in [3.8, 4) is 0 Å². The summed E-state index contributed by atoms with van der Waals surface area (Å²) in [5.74, 6) is 0.587. The van der Waals surface area contributed by atoms with Crippen LogP contribution in [-0.2, 0) is 4.74 Å². The molecule has 0 aliphatic rings. The van der Waals surface area contributed by atoms with E-state index < -0.39 is 0 Å². The van der Waals surface area contributed by atoms with E-state index in [1.54, 1.807) is 0 Å². The van der Waals surface area contributed by atoms with Crippen LogP contribution in [0.4, 0.5) is 4.79 Å². The van der Waals surface area contributed by atoms with Crippen molar-refractivity contribution >= 4 is 6.09 Å². The summed E-state index contributed by atoms with van der Waals surface area (Å²) in [6.07, 6.45) is 2.62. The Morgan fingerprint density at radius 1 is 1.47 bits per heavy atom. The van der Waals surface area contributed by atoms with Crippen LogP contribution >= 0.6 is 0 Å². The third kappa shape index (κ3) is 8.98. The minimum absolute atomic E-state index is 0.0832. The van der Waals surface area contributed by atoms with Gasteiger partial charge in [-0.05, 0) is 37.1 Å². The van der Waals surface area contributed by atoms with Gasteiger partial charge in [-0.25, -0.2) is 4.79 Å². The van der Waals surface area contributed by atoms with Crippen molar-refractivity contribution in [1.29, 1.82) is 0 Å². The van der Waals surface area contributed by atoms with E-state index in [1.807, 2.05) is 6.92 Å². The number of nitrogens with two attached hydrogens (primary N) is 1. The fraction of sp³-hybridized carbons (Fsp3) is 0.923. The Balaban J connectivity index is 3.87. The first-order chi connectivity index (χ1) is 7.91. The zero-order valence-corrected chi connectivity index (χ0v) is 11.7. The Morgan fingerprint density at radius 2 is 2.12 bits per heavy atom. The molecule has 4 nitrogen and oxygen atoms in total. The van der Waals surface area contributed by atoms with Gasteiger partial charge in [-0.1, -0.05) is 27.7 Å². The number of ether oxygens (including phenoxy) is 1. The third-order valence-electron chi connectivity index (χ3n) is 2.71. The van der Waals surface area contributed by atoms with Gasteiger partial charge >= 0.3 is 6.09 Å². The Bertz CT molecular complexity index is 217. The number of rotatable bonds is 8. The highest BCUT2D eigenvalue weighted by molar-refractivity contribution is 5.67. The molecule has 17 heavy (non-hydrogen) atoms. The molecule has 3 N–H and O–H groups in total. The summed E-state index contributed by atoms with van der Waals surface area (Å²) in [7, 11) is 0. The second kappa shape index (κ2) is 8.34. The average molecular weight is 244 g/mol. The molecule has 0 radical (unpaired) electrons. The lowest BCUT2D eigenvalue weighted by atomic mass is 9.82. The Morgan fingerprint density at radius 3 is 2.65 bits per heavy atom. The molecule has 0 aliphatic carbocycles. The minimum Gasteiger partial charge on any atom is -0.450 e. The van der Waals surface area contributed by atoms with Crippen LogP contribution in [0.15, 0.2) is 0 Å². The lowest BCUT2D eigenvalue weighted by molar-refractivity contribution is 0.139.